The number of ether oxygens (including phenoxy) is 1. The van der Waals surface area contributed by atoms with Gasteiger partial charge in [-0.2, -0.15) is 0 Å². The van der Waals surface area contributed by atoms with Gasteiger partial charge in [0, 0.05) is 51.9 Å². The predicted molar refractivity (Wildman–Crippen MR) is 192 cm³/mol. The normalized spacial score (nSPS) is 10.6. The predicted octanol–water partition coefficient (Wildman–Crippen LogP) is 12.2. The molecule has 46 heavy (non-hydrogen) atoms. The summed E-state index contributed by atoms with van der Waals surface area (Å²) < 4.78 is 6.42. The topological polar surface area (TPSA) is 27.7 Å². The monoisotopic (exact) mass is 595 g/mol. The van der Waals surface area contributed by atoms with E-state index in [-0.39, 0.29) is 0 Å². The molecule has 0 saturated heterocycles. The Morgan fingerprint density at radius 2 is 0.739 bits per heavy atom. The van der Waals surface area contributed by atoms with Gasteiger partial charge in [0.05, 0.1) is 5.69 Å². The summed E-state index contributed by atoms with van der Waals surface area (Å²) in [6.07, 6.45) is 0. The van der Waals surface area contributed by atoms with Gasteiger partial charge >= 0.3 is 0 Å². The van der Waals surface area contributed by atoms with Crippen LogP contribution in [-0.4, -0.2) is 0 Å². The van der Waals surface area contributed by atoms with Crippen molar-refractivity contribution in [2.45, 2.75) is 0 Å². The minimum absolute atomic E-state index is 0.731. The molecule has 0 heterocycles. The van der Waals surface area contributed by atoms with Gasteiger partial charge in [-0.25, -0.2) is 0 Å². The molecular formula is C42H33N3O. The first-order chi connectivity index (χ1) is 22.8. The second kappa shape index (κ2) is 13.6. The van der Waals surface area contributed by atoms with E-state index in [1.807, 2.05) is 72.8 Å². The lowest BCUT2D eigenvalue weighted by atomic mass is 10.1. The van der Waals surface area contributed by atoms with Crippen LogP contribution in [0.3, 0.4) is 0 Å². The zero-order chi connectivity index (χ0) is 31.0. The zero-order valence-corrected chi connectivity index (χ0v) is 25.3. The summed E-state index contributed by atoms with van der Waals surface area (Å²) in [5.74, 6) is 1.51. The van der Waals surface area contributed by atoms with E-state index in [1.54, 1.807) is 0 Å². The van der Waals surface area contributed by atoms with Crippen molar-refractivity contribution < 1.29 is 4.74 Å². The molecule has 7 aromatic rings. The molecule has 0 atom stereocenters. The standard InChI is InChI=1S/C42H33N3O/c1-6-17-33(18-7-1)43-34-29-40(32-42(30-34)46-41-27-14-5-15-28-41)45(37-23-12-4-13-24-37)39-26-16-25-38(31-39)44(35-19-8-2-9-20-35)36-21-10-3-11-22-36/h1-32,43H. The smallest absolute Gasteiger partial charge is 0.131 e. The third-order valence-corrected chi connectivity index (χ3v) is 7.58. The van der Waals surface area contributed by atoms with Crippen molar-refractivity contribution in [2.75, 3.05) is 15.1 Å². The molecule has 7 aromatic carbocycles. The third-order valence-electron chi connectivity index (χ3n) is 7.58. The fourth-order valence-corrected chi connectivity index (χ4v) is 5.55. The van der Waals surface area contributed by atoms with E-state index in [0.717, 1.165) is 57.0 Å². The number of rotatable bonds is 10. The Morgan fingerprint density at radius 3 is 1.26 bits per heavy atom. The van der Waals surface area contributed by atoms with Crippen LogP contribution in [0, 0.1) is 0 Å². The minimum Gasteiger partial charge on any atom is -0.457 e. The van der Waals surface area contributed by atoms with E-state index >= 15 is 0 Å². The maximum absolute atomic E-state index is 6.42. The quantitative estimate of drug-likeness (QED) is 0.170. The van der Waals surface area contributed by atoms with Crippen molar-refractivity contribution in [3.63, 3.8) is 0 Å². The lowest BCUT2D eigenvalue weighted by molar-refractivity contribution is 0.483. The number of nitrogens with one attached hydrogen (secondary N) is 1. The average molecular weight is 596 g/mol. The Morgan fingerprint density at radius 1 is 0.304 bits per heavy atom. The van der Waals surface area contributed by atoms with Crippen molar-refractivity contribution in [3.05, 3.63) is 194 Å². The van der Waals surface area contributed by atoms with Gasteiger partial charge in [-0.3, -0.25) is 0 Å². The molecule has 4 heteroatoms. The molecule has 0 aliphatic carbocycles. The van der Waals surface area contributed by atoms with Crippen LogP contribution >= 0.6 is 0 Å². The van der Waals surface area contributed by atoms with Gasteiger partial charge in [-0.15, -0.1) is 0 Å². The minimum atomic E-state index is 0.731. The number of anilines is 8. The molecule has 0 aromatic heterocycles. The maximum Gasteiger partial charge on any atom is 0.131 e. The molecule has 4 nitrogen and oxygen atoms in total. The van der Waals surface area contributed by atoms with E-state index in [4.69, 9.17) is 4.74 Å². The molecule has 0 unspecified atom stereocenters. The van der Waals surface area contributed by atoms with Crippen molar-refractivity contribution in [3.8, 4) is 11.5 Å². The molecule has 1 N–H and O–H groups in total. The summed E-state index contributed by atoms with van der Waals surface area (Å²) in [5.41, 5.74) is 8.16. The first-order valence-corrected chi connectivity index (χ1v) is 15.4. The maximum atomic E-state index is 6.42. The van der Waals surface area contributed by atoms with Crippen LogP contribution in [0.2, 0.25) is 0 Å². The zero-order valence-electron chi connectivity index (χ0n) is 25.3. The van der Waals surface area contributed by atoms with Gasteiger partial charge in [0.2, 0.25) is 0 Å². The second-order valence-corrected chi connectivity index (χ2v) is 10.8. The molecule has 0 saturated carbocycles. The molecule has 0 radical (unpaired) electrons. The molecule has 0 aliphatic heterocycles. The number of hydrogen-bond donors (Lipinski definition) is 1. The largest absolute Gasteiger partial charge is 0.457 e. The first-order valence-electron chi connectivity index (χ1n) is 15.4. The van der Waals surface area contributed by atoms with Crippen molar-refractivity contribution >= 4 is 45.5 Å². The highest BCUT2D eigenvalue weighted by atomic mass is 16.5. The number of nitrogens with zero attached hydrogens (tertiary/aromatic N) is 2. The molecule has 0 amide bonds. The lowest BCUT2D eigenvalue weighted by Crippen LogP contribution is -2.13. The van der Waals surface area contributed by atoms with Gasteiger partial charge in [0.25, 0.3) is 0 Å². The van der Waals surface area contributed by atoms with Gasteiger partial charge < -0.3 is 19.9 Å². The van der Waals surface area contributed by atoms with Gasteiger partial charge in [-0.1, -0.05) is 97.1 Å². The van der Waals surface area contributed by atoms with Crippen LogP contribution in [0.15, 0.2) is 194 Å². The van der Waals surface area contributed by atoms with Gasteiger partial charge in [0.1, 0.15) is 11.5 Å². The van der Waals surface area contributed by atoms with Crippen LogP contribution in [0.1, 0.15) is 0 Å². The molecule has 222 valence electrons. The molecule has 7 rings (SSSR count). The Kier molecular flexibility index (Phi) is 8.42. The van der Waals surface area contributed by atoms with Crippen LogP contribution < -0.4 is 19.9 Å². The van der Waals surface area contributed by atoms with E-state index in [2.05, 4.69) is 136 Å². The highest BCUT2D eigenvalue weighted by molar-refractivity contribution is 5.84. The number of para-hydroxylation sites is 5. The van der Waals surface area contributed by atoms with Crippen LogP contribution in [0.4, 0.5) is 45.5 Å². The van der Waals surface area contributed by atoms with Crippen LogP contribution in [0.5, 0.6) is 11.5 Å². The van der Waals surface area contributed by atoms with E-state index < -0.39 is 0 Å². The van der Waals surface area contributed by atoms with Gasteiger partial charge in [0.15, 0.2) is 0 Å². The Hall–Kier alpha value is -6.26. The van der Waals surface area contributed by atoms with E-state index in [1.165, 1.54) is 0 Å². The van der Waals surface area contributed by atoms with Gasteiger partial charge in [-0.05, 0) is 84.9 Å². The number of hydrogen-bond acceptors (Lipinski definition) is 4. The Balaban J connectivity index is 1.37. The summed E-state index contributed by atoms with van der Waals surface area (Å²) in [5, 5.41) is 3.59. The third kappa shape index (κ3) is 6.62. The van der Waals surface area contributed by atoms with E-state index in [9.17, 15) is 0 Å². The average Bonchev–Trinajstić information content (AvgIpc) is 3.11. The first kappa shape index (κ1) is 28.5. The summed E-state index contributed by atoms with van der Waals surface area (Å²) in [6.45, 7) is 0. The van der Waals surface area contributed by atoms with Crippen LogP contribution in [0.25, 0.3) is 0 Å². The van der Waals surface area contributed by atoms with E-state index in [0.29, 0.717) is 0 Å². The SMILES string of the molecule is c1ccc(Nc2cc(Oc3ccccc3)cc(N(c3ccccc3)c3cccc(N(c4ccccc4)c4ccccc4)c3)c2)cc1. The Bertz CT molecular complexity index is 1880. The highest BCUT2D eigenvalue weighted by Crippen LogP contribution is 2.42. The molecular weight excluding hydrogens is 562 g/mol. The summed E-state index contributed by atoms with van der Waals surface area (Å²) in [4.78, 5) is 4.55. The van der Waals surface area contributed by atoms with Crippen molar-refractivity contribution in [1.82, 2.24) is 0 Å². The Labute approximate surface area is 270 Å². The molecule has 0 spiro atoms. The van der Waals surface area contributed by atoms with Crippen molar-refractivity contribution in [2.24, 2.45) is 0 Å². The summed E-state index contributed by atoms with van der Waals surface area (Å²) in [7, 11) is 0. The summed E-state index contributed by atoms with van der Waals surface area (Å²) in [6, 6.07) is 66.4. The summed E-state index contributed by atoms with van der Waals surface area (Å²) >= 11 is 0. The number of benzene rings is 7. The molecule has 0 aliphatic rings. The fraction of sp³-hybridized carbons (Fsp3) is 0. The van der Waals surface area contributed by atoms with Crippen molar-refractivity contribution in [1.29, 1.82) is 0 Å². The molecule has 0 bridgehead atoms. The lowest BCUT2D eigenvalue weighted by Gasteiger charge is -2.30. The second-order valence-electron chi connectivity index (χ2n) is 10.8. The fourth-order valence-electron chi connectivity index (χ4n) is 5.55. The molecule has 0 fully saturated rings. The highest BCUT2D eigenvalue weighted by Gasteiger charge is 2.18. The van der Waals surface area contributed by atoms with Crippen LogP contribution in [-0.2, 0) is 0 Å².